The Hall–Kier alpha value is -3.26. The molecule has 2 N–H and O–H groups in total. The quantitative estimate of drug-likeness (QED) is 0.173. The Labute approximate surface area is 333 Å². The lowest BCUT2D eigenvalue weighted by Crippen LogP contribution is -2.33. The highest BCUT2D eigenvalue weighted by Gasteiger charge is 2.31. The first kappa shape index (κ1) is 43.9. The van der Waals surface area contributed by atoms with Gasteiger partial charge < -0.3 is 9.13 Å². The molecule has 2 heterocycles. The number of nitrogens with one attached hydrogen (secondary N) is 2. The van der Waals surface area contributed by atoms with Gasteiger partial charge in [0.25, 0.3) is 0 Å². The van der Waals surface area contributed by atoms with Crippen molar-refractivity contribution in [3.63, 3.8) is 0 Å². The SMILES string of the molecule is CC(C)(C)c1nc2cc(NS(=O)(=O)C(C)(C)C)ccc2n1CC1CCC(F)CC1.CCS(=O)(=O)Nc1ccc2c(c1)nc(C(C)(C)C)n2CC1CCC(F)CC1. The third-order valence-electron chi connectivity index (χ3n) is 11.0. The van der Waals surface area contributed by atoms with Crippen LogP contribution in [0, 0.1) is 11.8 Å². The lowest BCUT2D eigenvalue weighted by atomic mass is 9.87. The fraction of sp³-hybridized carbons (Fsp3) is 0.667. The van der Waals surface area contributed by atoms with Crippen LogP contribution in [-0.2, 0) is 44.0 Å². The van der Waals surface area contributed by atoms with Gasteiger partial charge >= 0.3 is 0 Å². The number of fused-ring (bicyclic) bond motifs is 2. The number of imidazole rings is 2. The monoisotopic (exact) mass is 818 g/mol. The third-order valence-corrected chi connectivity index (χ3v) is 14.4. The Bertz CT molecular complexity index is 2200. The average molecular weight is 819 g/mol. The van der Waals surface area contributed by atoms with Gasteiger partial charge in [-0.1, -0.05) is 41.5 Å². The van der Waals surface area contributed by atoms with Gasteiger partial charge in [-0.3, -0.25) is 9.44 Å². The molecule has 0 amide bonds. The van der Waals surface area contributed by atoms with Crippen molar-refractivity contribution in [1.29, 1.82) is 0 Å². The standard InChI is InChI=1S/C22H34FN3O2S.C20H30FN3O2S/c1-21(2,3)20-24-18-13-17(25-29(27,28)22(4,5)6)11-12-19(18)26(20)14-15-7-9-16(23)10-8-15;1-5-27(25,26)23-16-10-11-18-17(12-16)22-19(20(2,3)4)24(18)13-14-6-8-15(21)9-7-14/h11-13,15-16,25H,7-10,14H2,1-6H3;10-12,14-15,23H,5-9,13H2,1-4H3. The Balaban J connectivity index is 0.000000215. The van der Waals surface area contributed by atoms with Crippen LogP contribution in [0.4, 0.5) is 20.2 Å². The van der Waals surface area contributed by atoms with E-state index < -0.39 is 37.1 Å². The maximum atomic E-state index is 13.5. The van der Waals surface area contributed by atoms with E-state index in [1.165, 1.54) is 0 Å². The van der Waals surface area contributed by atoms with Gasteiger partial charge in [0.1, 0.15) is 24.0 Å². The second-order valence-corrected chi connectivity index (χ2v) is 23.4. The minimum atomic E-state index is -3.50. The summed E-state index contributed by atoms with van der Waals surface area (Å²) < 4.78 is 84.7. The molecule has 2 aliphatic carbocycles. The zero-order chi connectivity index (χ0) is 41.4. The van der Waals surface area contributed by atoms with Gasteiger partial charge in [0.2, 0.25) is 20.0 Å². The number of benzene rings is 2. The topological polar surface area (TPSA) is 128 Å². The molecule has 0 aliphatic heterocycles. The molecule has 2 aromatic carbocycles. The van der Waals surface area contributed by atoms with E-state index in [1.54, 1.807) is 45.9 Å². The van der Waals surface area contributed by atoms with Crippen molar-refractivity contribution in [2.45, 2.75) is 162 Å². The zero-order valence-corrected chi connectivity index (χ0v) is 36.7. The van der Waals surface area contributed by atoms with Crippen molar-refractivity contribution >= 4 is 53.5 Å². The van der Waals surface area contributed by atoms with Crippen molar-refractivity contribution in [1.82, 2.24) is 19.1 Å². The number of nitrogens with zero attached hydrogens (tertiary/aromatic N) is 4. The number of alkyl halides is 2. The van der Waals surface area contributed by atoms with Crippen LogP contribution in [0.2, 0.25) is 0 Å². The van der Waals surface area contributed by atoms with Gasteiger partial charge in [-0.15, -0.1) is 0 Å². The smallest absolute Gasteiger partial charge is 0.237 e. The largest absolute Gasteiger partial charge is 0.327 e. The maximum Gasteiger partial charge on any atom is 0.237 e. The Kier molecular flexibility index (Phi) is 13.0. The number of rotatable bonds is 9. The van der Waals surface area contributed by atoms with Gasteiger partial charge in [-0.25, -0.2) is 35.6 Å². The molecule has 0 radical (unpaired) electrons. The maximum absolute atomic E-state index is 13.5. The molecule has 56 heavy (non-hydrogen) atoms. The summed E-state index contributed by atoms with van der Waals surface area (Å²) in [6, 6.07) is 11.1. The van der Waals surface area contributed by atoms with E-state index in [0.29, 0.717) is 48.9 Å². The van der Waals surface area contributed by atoms with Gasteiger partial charge in [0.05, 0.1) is 43.9 Å². The summed E-state index contributed by atoms with van der Waals surface area (Å²) in [5.74, 6) is 2.89. The summed E-state index contributed by atoms with van der Waals surface area (Å²) in [4.78, 5) is 9.71. The van der Waals surface area contributed by atoms with E-state index in [4.69, 9.17) is 9.97 Å². The fourth-order valence-electron chi connectivity index (χ4n) is 7.59. The molecule has 0 atom stereocenters. The lowest BCUT2D eigenvalue weighted by molar-refractivity contribution is 0.194. The number of anilines is 2. The second-order valence-electron chi connectivity index (χ2n) is 19.0. The average Bonchev–Trinajstić information content (AvgIpc) is 3.64. The highest BCUT2D eigenvalue weighted by molar-refractivity contribution is 7.94. The first-order chi connectivity index (χ1) is 25.9. The normalized spacial score (nSPS) is 21.5. The first-order valence-corrected chi connectivity index (χ1v) is 23.3. The summed E-state index contributed by atoms with van der Waals surface area (Å²) in [7, 11) is -6.82. The predicted molar refractivity (Wildman–Crippen MR) is 226 cm³/mol. The molecule has 2 fully saturated rings. The van der Waals surface area contributed by atoms with Crippen molar-refractivity contribution < 1.29 is 25.6 Å². The number of hydrogen-bond acceptors (Lipinski definition) is 6. The molecule has 2 aromatic heterocycles. The highest BCUT2D eigenvalue weighted by atomic mass is 32.2. The molecular formula is C42H64F2N6O4S2. The summed E-state index contributed by atoms with van der Waals surface area (Å²) in [5, 5.41) is 0. The van der Waals surface area contributed by atoms with Crippen molar-refractivity contribution in [2.24, 2.45) is 11.8 Å². The van der Waals surface area contributed by atoms with Crippen LogP contribution >= 0.6 is 0 Å². The van der Waals surface area contributed by atoms with Gasteiger partial charge in [0, 0.05) is 23.9 Å². The van der Waals surface area contributed by atoms with E-state index >= 15 is 0 Å². The van der Waals surface area contributed by atoms with E-state index in [1.807, 2.05) is 18.2 Å². The van der Waals surface area contributed by atoms with Crippen LogP contribution in [0.15, 0.2) is 36.4 Å². The molecule has 4 aromatic rings. The number of hydrogen-bond donors (Lipinski definition) is 2. The van der Waals surface area contributed by atoms with Gasteiger partial charge in [0.15, 0.2) is 0 Å². The number of halogens is 2. The summed E-state index contributed by atoms with van der Waals surface area (Å²) in [6.45, 7) is 21.1. The van der Waals surface area contributed by atoms with Crippen LogP contribution < -0.4 is 9.44 Å². The summed E-state index contributed by atoms with van der Waals surface area (Å²) in [6.07, 6.45) is 4.85. The van der Waals surface area contributed by atoms with Crippen molar-refractivity contribution in [3.8, 4) is 0 Å². The van der Waals surface area contributed by atoms with E-state index in [0.717, 1.165) is 72.5 Å². The van der Waals surface area contributed by atoms with Crippen molar-refractivity contribution in [3.05, 3.63) is 48.0 Å². The molecule has 2 aliphatic rings. The molecule has 0 saturated heterocycles. The Morgan fingerprint density at radius 2 is 1.00 bits per heavy atom. The van der Waals surface area contributed by atoms with Gasteiger partial charge in [-0.2, -0.15) is 0 Å². The van der Waals surface area contributed by atoms with Crippen molar-refractivity contribution in [2.75, 3.05) is 15.2 Å². The molecule has 312 valence electrons. The van der Waals surface area contributed by atoms with Crippen LogP contribution in [0.3, 0.4) is 0 Å². The minimum absolute atomic E-state index is 0.0317. The van der Waals surface area contributed by atoms with Crippen LogP contribution in [-0.4, -0.2) is 58.8 Å². The van der Waals surface area contributed by atoms with E-state index in [-0.39, 0.29) is 16.6 Å². The first-order valence-electron chi connectivity index (χ1n) is 20.2. The van der Waals surface area contributed by atoms with E-state index in [2.05, 4.69) is 60.1 Å². The number of aromatic nitrogens is 4. The zero-order valence-electron chi connectivity index (χ0n) is 35.0. The van der Waals surface area contributed by atoms with E-state index in [9.17, 15) is 25.6 Å². The molecule has 2 saturated carbocycles. The van der Waals surface area contributed by atoms with Crippen LogP contribution in [0.1, 0.15) is 132 Å². The molecule has 6 rings (SSSR count). The Morgan fingerprint density at radius 3 is 1.34 bits per heavy atom. The highest BCUT2D eigenvalue weighted by Crippen LogP contribution is 2.35. The Morgan fingerprint density at radius 1 is 0.625 bits per heavy atom. The van der Waals surface area contributed by atoms with Gasteiger partial charge in [-0.05, 0) is 127 Å². The molecule has 10 nitrogen and oxygen atoms in total. The minimum Gasteiger partial charge on any atom is -0.327 e. The summed E-state index contributed by atoms with van der Waals surface area (Å²) in [5.41, 5.74) is 4.33. The lowest BCUT2D eigenvalue weighted by Gasteiger charge is -2.27. The second kappa shape index (κ2) is 16.5. The fourth-order valence-corrected chi connectivity index (χ4v) is 8.96. The third kappa shape index (κ3) is 10.6. The number of sulfonamides is 2. The predicted octanol–water partition coefficient (Wildman–Crippen LogP) is 10.0. The molecular weight excluding hydrogens is 755 g/mol. The summed E-state index contributed by atoms with van der Waals surface area (Å²) >= 11 is 0. The molecule has 0 unspecified atom stereocenters. The molecule has 0 bridgehead atoms. The van der Waals surface area contributed by atoms with Crippen LogP contribution in [0.25, 0.3) is 22.1 Å². The molecule has 14 heteroatoms. The van der Waals surface area contributed by atoms with Crippen LogP contribution in [0.5, 0.6) is 0 Å². The molecule has 0 spiro atoms.